The first-order valence-corrected chi connectivity index (χ1v) is 0. The number of hydrogen-bond acceptors (Lipinski definition) is 0. The molecule has 5 heteroatoms. The first-order chi connectivity index (χ1) is 0. The van der Waals surface area contributed by atoms with Gasteiger partial charge in [-0.3, -0.25) is 0 Å². The maximum absolute atomic E-state index is 0. The van der Waals surface area contributed by atoms with Gasteiger partial charge in [-0.1, -0.05) is 0 Å². The van der Waals surface area contributed by atoms with E-state index in [9.17, 15) is 0 Å². The van der Waals surface area contributed by atoms with Gasteiger partial charge in [0.2, 0.25) is 0 Å². The summed E-state index contributed by atoms with van der Waals surface area (Å²) in [5.74, 6) is 0. The van der Waals surface area contributed by atoms with Gasteiger partial charge in [0.25, 0.3) is 0 Å². The van der Waals surface area contributed by atoms with E-state index in [-0.39, 0.29) is 90.7 Å². The Bertz CT molecular complexity index is 11.6. The van der Waals surface area contributed by atoms with Crippen LogP contribution in [0.3, 0.4) is 0 Å². The van der Waals surface area contributed by atoms with Crippen LogP contribution >= 0.6 is 9.90 Å². The van der Waals surface area contributed by atoms with Crippen LogP contribution in [0.25, 0.3) is 0 Å². The molecule has 0 saturated carbocycles. The molecule has 0 aliphatic carbocycles. The van der Waals surface area contributed by atoms with Crippen LogP contribution in [0, 0.1) is 0 Å². The Hall–Kier alpha value is 3.01. The minimum atomic E-state index is 0. The van der Waals surface area contributed by atoms with E-state index in [1.165, 1.54) is 0 Å². The van der Waals surface area contributed by atoms with Gasteiger partial charge in [-0.15, -0.1) is 0 Å². The summed E-state index contributed by atoms with van der Waals surface area (Å²) < 4.78 is 0. The number of rotatable bonds is 0. The summed E-state index contributed by atoms with van der Waals surface area (Å²) in [6.07, 6.45) is 0. The van der Waals surface area contributed by atoms with Gasteiger partial charge in [0.1, 0.15) is 0 Å². The summed E-state index contributed by atoms with van der Waals surface area (Å²) in [6, 6.07) is 0. The average molecular weight is 453 g/mol. The third-order valence-electron chi connectivity index (χ3n) is 0. The Morgan fingerprint density at radius 3 is 1.00 bits per heavy atom. The molecule has 0 aromatic rings. The molecule has 0 N–H and O–H groups in total. The van der Waals surface area contributed by atoms with Crippen molar-refractivity contribution in [2.75, 3.05) is 0 Å². The predicted molar refractivity (Wildman–Crippen MR) is 16.9 cm³/mol. The molecule has 0 fully saturated rings. The summed E-state index contributed by atoms with van der Waals surface area (Å²) in [5.41, 5.74) is 0. The van der Waals surface area contributed by atoms with Gasteiger partial charge in [0.15, 0.2) is 0 Å². The van der Waals surface area contributed by atoms with E-state index in [4.69, 9.17) is 0 Å². The normalized spacial score (nSPS) is 0. The quantitative estimate of drug-likeness (QED) is 0.348. The molecule has 0 spiro atoms. The minimum Gasteiger partial charge on any atom is -0.153 e. The topological polar surface area (TPSA) is 0 Å². The van der Waals surface area contributed by atoms with Gasteiger partial charge in [-0.2, -0.15) is 9.90 Å². The van der Waals surface area contributed by atoms with Crippen molar-refractivity contribution in [3.8, 4) is 0 Å². The fraction of sp³-hybridized carbons (Fsp3) is 0. The Kier molecular flexibility index (Phi) is 242. The molecule has 0 heterocycles. The van der Waals surface area contributed by atoms with Crippen LogP contribution in [0.2, 0.25) is 0 Å². The summed E-state index contributed by atoms with van der Waals surface area (Å²) in [7, 11) is 0. The molecule has 0 aliphatic rings. The standard InChI is InChI=1S/Bi.Fe.Mo.Ni.H3P/h;;;;1H3. The van der Waals surface area contributed by atoms with Crippen molar-refractivity contribution < 1.29 is 54.6 Å². The van der Waals surface area contributed by atoms with Crippen molar-refractivity contribution >= 4 is 36.1 Å². The minimum absolute atomic E-state index is 0. The van der Waals surface area contributed by atoms with Crippen LogP contribution in [0.5, 0.6) is 0 Å². The molecule has 37 valence electrons. The van der Waals surface area contributed by atoms with Gasteiger partial charge in [0, 0.05) is 80.8 Å². The zero-order valence-electron chi connectivity index (χ0n) is 2.23. The molecular formula is H3BiFeMoNiP. The van der Waals surface area contributed by atoms with Crippen LogP contribution in [-0.2, 0) is 54.6 Å². The molecule has 0 amide bonds. The zero-order chi connectivity index (χ0) is 0. The summed E-state index contributed by atoms with van der Waals surface area (Å²) >= 11 is 0. The average Bonchev–Trinajstić information content (AvgIpc) is 0. The summed E-state index contributed by atoms with van der Waals surface area (Å²) in [6.45, 7) is 0. The maximum Gasteiger partial charge on any atom is 0 e. The third-order valence-corrected chi connectivity index (χ3v) is 0. The van der Waals surface area contributed by atoms with Crippen molar-refractivity contribution in [2.45, 2.75) is 0 Å². The first-order valence-electron chi connectivity index (χ1n) is 0. The molecule has 1 unspecified atom stereocenters. The van der Waals surface area contributed by atoms with E-state index in [0.717, 1.165) is 0 Å². The van der Waals surface area contributed by atoms with E-state index in [0.29, 0.717) is 0 Å². The number of hydrogen-bond donors (Lipinski definition) is 0. The molecule has 0 bridgehead atoms. The molecule has 0 aliphatic heterocycles. The second kappa shape index (κ2) is 27.9. The molecule has 3 radical (unpaired) electrons. The molecule has 0 aromatic carbocycles. The second-order valence-electron chi connectivity index (χ2n) is 0. The molecule has 0 nitrogen and oxygen atoms in total. The van der Waals surface area contributed by atoms with Gasteiger partial charge in [-0.05, 0) is 0 Å². The fourth-order valence-electron chi connectivity index (χ4n) is 0. The van der Waals surface area contributed by atoms with Gasteiger partial charge < -0.3 is 0 Å². The smallest absolute Gasteiger partial charge is 0 e. The van der Waals surface area contributed by atoms with Crippen LogP contribution < -0.4 is 0 Å². The summed E-state index contributed by atoms with van der Waals surface area (Å²) in [5, 5.41) is 0. The van der Waals surface area contributed by atoms with Crippen molar-refractivity contribution in [1.82, 2.24) is 0 Å². The van der Waals surface area contributed by atoms with Crippen molar-refractivity contribution in [1.29, 1.82) is 0 Å². The Morgan fingerprint density at radius 1 is 1.00 bits per heavy atom. The van der Waals surface area contributed by atoms with E-state index in [1.807, 2.05) is 0 Å². The molecule has 5 heavy (non-hydrogen) atoms. The Balaban J connectivity index is 0. The fourth-order valence-corrected chi connectivity index (χ4v) is 0. The van der Waals surface area contributed by atoms with E-state index >= 15 is 0 Å². The van der Waals surface area contributed by atoms with Crippen LogP contribution in [0.1, 0.15) is 0 Å². The van der Waals surface area contributed by atoms with Crippen LogP contribution in [0.15, 0.2) is 0 Å². The molecule has 1 atom stereocenters. The first kappa shape index (κ1) is 43.4. The van der Waals surface area contributed by atoms with E-state index in [1.54, 1.807) is 0 Å². The second-order valence-corrected chi connectivity index (χ2v) is 0. The Labute approximate surface area is 89.4 Å². The van der Waals surface area contributed by atoms with Crippen molar-refractivity contribution in [2.24, 2.45) is 0 Å². The van der Waals surface area contributed by atoms with Crippen molar-refractivity contribution in [3.05, 3.63) is 0 Å². The summed E-state index contributed by atoms with van der Waals surface area (Å²) in [4.78, 5) is 0. The van der Waals surface area contributed by atoms with Gasteiger partial charge >= 0.3 is 0 Å². The maximum atomic E-state index is 0. The van der Waals surface area contributed by atoms with Crippen molar-refractivity contribution in [3.63, 3.8) is 0 Å². The SMILES string of the molecule is P.[Bi].[Fe].[Mo].[Ni]. The predicted octanol–water partition coefficient (Wildman–Crippen LogP) is -0.330. The zero-order valence-corrected chi connectivity index (χ0v) is 11.2. The molecular weight excluding hydrogens is 450 g/mol. The van der Waals surface area contributed by atoms with Crippen LogP contribution in [0.4, 0.5) is 0 Å². The van der Waals surface area contributed by atoms with E-state index in [2.05, 4.69) is 0 Å². The van der Waals surface area contributed by atoms with Gasteiger partial charge in [0.05, 0.1) is 0 Å². The monoisotopic (exact) mass is 455 g/mol. The molecule has 0 rings (SSSR count). The largest absolute Gasteiger partial charge is 0.153 e. The molecule has 0 aromatic heterocycles. The third kappa shape index (κ3) is 19.4. The van der Waals surface area contributed by atoms with E-state index < -0.39 is 0 Å². The Morgan fingerprint density at radius 2 is 1.00 bits per heavy atom. The molecule has 0 saturated heterocycles. The van der Waals surface area contributed by atoms with Crippen LogP contribution in [-0.4, -0.2) is 26.2 Å². The van der Waals surface area contributed by atoms with Gasteiger partial charge in [-0.25, -0.2) is 0 Å².